The lowest BCUT2D eigenvalue weighted by Crippen LogP contribution is -2.16. The Kier molecular flexibility index (Phi) is 5.51. The van der Waals surface area contributed by atoms with Crippen molar-refractivity contribution in [2.24, 2.45) is 5.92 Å². The highest BCUT2D eigenvalue weighted by molar-refractivity contribution is 14.1. The molecule has 0 spiro atoms. The first-order valence-electron chi connectivity index (χ1n) is 6.94. The summed E-state index contributed by atoms with van der Waals surface area (Å²) in [5.41, 5.74) is 1.85. The smallest absolute Gasteiger partial charge is 0.223 e. The molecule has 114 valence electrons. The first-order chi connectivity index (χ1) is 10.0. The van der Waals surface area contributed by atoms with E-state index < -0.39 is 0 Å². The zero-order valence-corrected chi connectivity index (χ0v) is 14.6. The molecule has 0 saturated heterocycles. The molecule has 0 bridgehead atoms. The van der Waals surface area contributed by atoms with Crippen LogP contribution in [0.1, 0.15) is 26.8 Å². The van der Waals surface area contributed by atoms with Crippen molar-refractivity contribution in [1.29, 1.82) is 0 Å². The fourth-order valence-electron chi connectivity index (χ4n) is 1.73. The quantitative estimate of drug-likeness (QED) is 0.728. The minimum Gasteiger partial charge on any atom is -0.396 e. The highest BCUT2D eigenvalue weighted by Gasteiger charge is 2.12. The fourth-order valence-corrected chi connectivity index (χ4v) is 2.39. The van der Waals surface area contributed by atoms with Crippen molar-refractivity contribution in [3.05, 3.63) is 22.2 Å². The van der Waals surface area contributed by atoms with Crippen LogP contribution in [0.5, 0.6) is 0 Å². The Morgan fingerprint density at radius 2 is 2.14 bits per heavy atom. The lowest BCUT2D eigenvalue weighted by Gasteiger charge is -2.09. The number of rotatable bonds is 6. The molecule has 0 saturated carbocycles. The van der Waals surface area contributed by atoms with Gasteiger partial charge in [-0.1, -0.05) is 6.92 Å². The largest absolute Gasteiger partial charge is 0.396 e. The summed E-state index contributed by atoms with van der Waals surface area (Å²) < 4.78 is 2.86. The number of aliphatic hydroxyl groups is 1. The van der Waals surface area contributed by atoms with Crippen LogP contribution in [0.3, 0.4) is 0 Å². The van der Waals surface area contributed by atoms with Crippen molar-refractivity contribution >= 4 is 28.5 Å². The van der Waals surface area contributed by atoms with Gasteiger partial charge in [0, 0.05) is 31.6 Å². The summed E-state index contributed by atoms with van der Waals surface area (Å²) in [5, 5.41) is 16.7. The average Bonchev–Trinajstić information content (AvgIpc) is 2.87. The molecule has 0 radical (unpaired) electrons. The van der Waals surface area contributed by atoms with E-state index in [2.05, 4.69) is 56.8 Å². The summed E-state index contributed by atoms with van der Waals surface area (Å²) in [4.78, 5) is 8.73. The molecule has 0 aliphatic rings. The second-order valence-corrected chi connectivity index (χ2v) is 6.36. The third-order valence-corrected chi connectivity index (χ3v) is 3.86. The second-order valence-electron chi connectivity index (χ2n) is 5.34. The molecule has 0 aromatic carbocycles. The maximum Gasteiger partial charge on any atom is 0.223 e. The normalized spacial score (nSPS) is 12.7. The lowest BCUT2D eigenvalue weighted by atomic mass is 10.2. The molecule has 1 unspecified atom stereocenters. The number of halogens is 1. The molecular formula is C14H20IN5O. The van der Waals surface area contributed by atoms with Crippen molar-refractivity contribution in [1.82, 2.24) is 19.7 Å². The number of hydrogen-bond acceptors (Lipinski definition) is 5. The number of hydrogen-bond donors (Lipinski definition) is 2. The van der Waals surface area contributed by atoms with E-state index in [0.717, 1.165) is 15.0 Å². The predicted molar refractivity (Wildman–Crippen MR) is 91.1 cm³/mol. The molecule has 21 heavy (non-hydrogen) atoms. The van der Waals surface area contributed by atoms with Crippen molar-refractivity contribution in [2.45, 2.75) is 26.8 Å². The molecular weight excluding hydrogens is 381 g/mol. The number of aromatic nitrogens is 4. The molecule has 2 aromatic heterocycles. The van der Waals surface area contributed by atoms with Crippen molar-refractivity contribution in [3.8, 4) is 11.3 Å². The standard InChI is InChI=1S/C14H20IN5O/c1-9(2)20-7-11(13(15)19-20)12-4-5-16-14(18-12)17-6-10(3)8-21/h4-5,7,9-10,21H,6,8H2,1-3H3,(H,16,17,18). The molecule has 0 aliphatic carbocycles. The van der Waals surface area contributed by atoms with Crippen LogP contribution < -0.4 is 5.32 Å². The van der Waals surface area contributed by atoms with Crippen molar-refractivity contribution in [2.75, 3.05) is 18.5 Å². The van der Waals surface area contributed by atoms with Gasteiger partial charge < -0.3 is 10.4 Å². The Hall–Kier alpha value is -1.22. The Labute approximate surface area is 138 Å². The topological polar surface area (TPSA) is 75.9 Å². The van der Waals surface area contributed by atoms with Gasteiger partial charge in [-0.3, -0.25) is 4.68 Å². The lowest BCUT2D eigenvalue weighted by molar-refractivity contribution is 0.244. The van der Waals surface area contributed by atoms with Crippen LogP contribution in [0.15, 0.2) is 18.5 Å². The van der Waals surface area contributed by atoms with Gasteiger partial charge >= 0.3 is 0 Å². The van der Waals surface area contributed by atoms with Gasteiger partial charge in [0.25, 0.3) is 0 Å². The van der Waals surface area contributed by atoms with E-state index in [1.54, 1.807) is 6.20 Å². The van der Waals surface area contributed by atoms with E-state index in [1.165, 1.54) is 0 Å². The molecule has 1 atom stereocenters. The van der Waals surface area contributed by atoms with Gasteiger partial charge in [-0.2, -0.15) is 5.10 Å². The van der Waals surface area contributed by atoms with Gasteiger partial charge in [0.15, 0.2) is 0 Å². The Balaban J connectivity index is 2.21. The van der Waals surface area contributed by atoms with E-state index in [4.69, 9.17) is 5.11 Å². The van der Waals surface area contributed by atoms with Crippen LogP contribution in [0.2, 0.25) is 0 Å². The van der Waals surface area contributed by atoms with Crippen molar-refractivity contribution < 1.29 is 5.11 Å². The Bertz CT molecular complexity index is 599. The maximum absolute atomic E-state index is 9.04. The summed E-state index contributed by atoms with van der Waals surface area (Å²) in [7, 11) is 0. The van der Waals surface area contributed by atoms with E-state index in [9.17, 15) is 0 Å². The van der Waals surface area contributed by atoms with E-state index in [-0.39, 0.29) is 12.5 Å². The summed E-state index contributed by atoms with van der Waals surface area (Å²) in [6.07, 6.45) is 3.74. The highest BCUT2D eigenvalue weighted by Crippen LogP contribution is 2.24. The van der Waals surface area contributed by atoms with E-state index >= 15 is 0 Å². The monoisotopic (exact) mass is 401 g/mol. The molecule has 7 heteroatoms. The number of anilines is 1. The first-order valence-corrected chi connectivity index (χ1v) is 8.02. The summed E-state index contributed by atoms with van der Waals surface area (Å²) in [5.74, 6) is 0.738. The van der Waals surface area contributed by atoms with E-state index in [1.807, 2.05) is 23.9 Å². The third kappa shape index (κ3) is 4.13. The minimum absolute atomic E-state index is 0.145. The van der Waals surface area contributed by atoms with Gasteiger partial charge in [-0.15, -0.1) is 0 Å². The first kappa shape index (κ1) is 16.2. The predicted octanol–water partition coefficient (Wildman–Crippen LogP) is 2.57. The summed E-state index contributed by atoms with van der Waals surface area (Å²) in [6, 6.07) is 2.20. The molecule has 0 fully saturated rings. The van der Waals surface area contributed by atoms with Crippen molar-refractivity contribution in [3.63, 3.8) is 0 Å². The number of aliphatic hydroxyl groups excluding tert-OH is 1. The molecule has 6 nitrogen and oxygen atoms in total. The zero-order valence-electron chi connectivity index (χ0n) is 12.4. The summed E-state index contributed by atoms with van der Waals surface area (Å²) >= 11 is 2.22. The van der Waals surface area contributed by atoms with Gasteiger partial charge in [0.1, 0.15) is 3.70 Å². The van der Waals surface area contributed by atoms with Crippen LogP contribution in [-0.2, 0) is 0 Å². The fraction of sp³-hybridized carbons (Fsp3) is 0.500. The van der Waals surface area contributed by atoms with E-state index in [0.29, 0.717) is 18.5 Å². The molecule has 2 aromatic rings. The van der Waals surface area contributed by atoms with Crippen LogP contribution in [0, 0.1) is 9.62 Å². The minimum atomic E-state index is 0.145. The Morgan fingerprint density at radius 3 is 2.76 bits per heavy atom. The zero-order chi connectivity index (χ0) is 15.4. The molecule has 0 amide bonds. The average molecular weight is 401 g/mol. The highest BCUT2D eigenvalue weighted by atomic mass is 127. The summed E-state index contributed by atoms with van der Waals surface area (Å²) in [6.45, 7) is 6.94. The molecule has 2 heterocycles. The van der Waals surface area contributed by atoms with Gasteiger partial charge in [0.2, 0.25) is 5.95 Å². The van der Waals surface area contributed by atoms with Crippen LogP contribution in [0.4, 0.5) is 5.95 Å². The van der Waals surface area contributed by atoms with Gasteiger partial charge in [-0.25, -0.2) is 9.97 Å². The number of nitrogens with zero attached hydrogens (tertiary/aromatic N) is 4. The molecule has 2 N–H and O–H groups in total. The van der Waals surface area contributed by atoms with Crippen LogP contribution in [0.25, 0.3) is 11.3 Å². The number of nitrogens with one attached hydrogen (secondary N) is 1. The van der Waals surface area contributed by atoms with Crippen LogP contribution >= 0.6 is 22.6 Å². The Morgan fingerprint density at radius 1 is 1.38 bits per heavy atom. The SMILES string of the molecule is CC(CO)CNc1nccc(-c2cn(C(C)C)nc2I)n1. The molecule has 0 aliphatic heterocycles. The second kappa shape index (κ2) is 7.17. The third-order valence-electron chi connectivity index (χ3n) is 3.07. The molecule has 2 rings (SSSR count). The maximum atomic E-state index is 9.04. The van der Waals surface area contributed by atoms with Gasteiger partial charge in [0.05, 0.1) is 11.3 Å². The van der Waals surface area contributed by atoms with Crippen LogP contribution in [-0.4, -0.2) is 38.0 Å². The van der Waals surface area contributed by atoms with Gasteiger partial charge in [-0.05, 0) is 48.4 Å².